The zero-order chi connectivity index (χ0) is 14.8. The van der Waals surface area contributed by atoms with Crippen LogP contribution in [0.25, 0.3) is 11.0 Å². The summed E-state index contributed by atoms with van der Waals surface area (Å²) in [5.41, 5.74) is 1.90. The van der Waals surface area contributed by atoms with E-state index in [9.17, 15) is 0 Å². The van der Waals surface area contributed by atoms with Gasteiger partial charge in [0.2, 0.25) is 0 Å². The molecule has 0 amide bonds. The van der Waals surface area contributed by atoms with E-state index in [1.807, 2.05) is 36.7 Å². The van der Waals surface area contributed by atoms with E-state index in [0.29, 0.717) is 0 Å². The summed E-state index contributed by atoms with van der Waals surface area (Å²) >= 11 is 0. The highest BCUT2D eigenvalue weighted by Crippen LogP contribution is 2.17. The van der Waals surface area contributed by atoms with Gasteiger partial charge in [-0.25, -0.2) is 9.97 Å². The molecule has 1 N–H and O–H groups in total. The predicted octanol–water partition coefficient (Wildman–Crippen LogP) is 1.68. The fourth-order valence-corrected chi connectivity index (χ4v) is 2.83. The van der Waals surface area contributed by atoms with Gasteiger partial charge in [0.15, 0.2) is 0 Å². The fraction of sp³-hybridized carbons (Fsp3) is 0.312. The van der Waals surface area contributed by atoms with E-state index in [1.54, 1.807) is 6.20 Å². The fourth-order valence-electron chi connectivity index (χ4n) is 2.83. The maximum atomic E-state index is 4.73. The largest absolute Gasteiger partial charge is 0.353 e. The van der Waals surface area contributed by atoms with Gasteiger partial charge in [-0.05, 0) is 12.1 Å². The molecule has 0 atom stereocenters. The number of hydrogen-bond donors (Lipinski definition) is 1. The van der Waals surface area contributed by atoms with Gasteiger partial charge in [-0.2, -0.15) is 0 Å². The second-order valence-electron chi connectivity index (χ2n) is 5.52. The van der Waals surface area contributed by atoms with Crippen molar-refractivity contribution in [1.82, 2.24) is 24.8 Å². The van der Waals surface area contributed by atoms with E-state index in [4.69, 9.17) is 4.98 Å². The summed E-state index contributed by atoms with van der Waals surface area (Å²) in [6.07, 6.45) is 5.55. The smallest absolute Gasteiger partial charge is 0.147 e. The Labute approximate surface area is 128 Å². The van der Waals surface area contributed by atoms with Gasteiger partial charge < -0.3 is 9.88 Å². The Morgan fingerprint density at radius 3 is 2.59 bits per heavy atom. The van der Waals surface area contributed by atoms with E-state index in [-0.39, 0.29) is 0 Å². The normalized spacial score (nSPS) is 16.3. The molecule has 0 saturated carbocycles. The van der Waals surface area contributed by atoms with Crippen LogP contribution in [0.15, 0.2) is 42.9 Å². The molecular formula is C16H18N6. The van der Waals surface area contributed by atoms with Gasteiger partial charge in [-0.3, -0.25) is 9.88 Å². The zero-order valence-electron chi connectivity index (χ0n) is 12.3. The van der Waals surface area contributed by atoms with Crippen molar-refractivity contribution in [3.05, 3.63) is 48.7 Å². The first-order chi connectivity index (χ1) is 10.9. The molecule has 3 heterocycles. The van der Waals surface area contributed by atoms with Crippen LogP contribution in [0.3, 0.4) is 0 Å². The summed E-state index contributed by atoms with van der Waals surface area (Å²) in [5, 5.41) is 0. The SMILES string of the molecule is c1ccc2nc(N3CCN(Cc4ncc[nH]4)CC3)cnc2c1. The lowest BCUT2D eigenvalue weighted by molar-refractivity contribution is 0.244. The van der Waals surface area contributed by atoms with Crippen LogP contribution in [0, 0.1) is 0 Å². The molecule has 1 fully saturated rings. The number of H-pyrrole nitrogens is 1. The molecule has 1 saturated heterocycles. The van der Waals surface area contributed by atoms with Crippen molar-refractivity contribution in [3.63, 3.8) is 0 Å². The van der Waals surface area contributed by atoms with E-state index in [0.717, 1.165) is 55.4 Å². The van der Waals surface area contributed by atoms with Crippen molar-refractivity contribution in [1.29, 1.82) is 0 Å². The van der Waals surface area contributed by atoms with E-state index in [2.05, 4.69) is 24.8 Å². The molecule has 4 rings (SSSR count). The number of nitrogens with one attached hydrogen (secondary N) is 1. The molecule has 0 radical (unpaired) electrons. The average molecular weight is 294 g/mol. The average Bonchev–Trinajstić information content (AvgIpc) is 3.08. The Morgan fingerprint density at radius 1 is 1.00 bits per heavy atom. The Hall–Kier alpha value is -2.47. The third-order valence-corrected chi connectivity index (χ3v) is 4.06. The maximum absolute atomic E-state index is 4.73. The number of hydrogen-bond acceptors (Lipinski definition) is 5. The number of nitrogens with zero attached hydrogens (tertiary/aromatic N) is 5. The third kappa shape index (κ3) is 2.65. The number of aromatic amines is 1. The van der Waals surface area contributed by atoms with Gasteiger partial charge in [0.05, 0.1) is 23.8 Å². The van der Waals surface area contributed by atoms with Crippen molar-refractivity contribution in [2.45, 2.75) is 6.54 Å². The first-order valence-corrected chi connectivity index (χ1v) is 7.56. The molecule has 112 valence electrons. The summed E-state index contributed by atoms with van der Waals surface area (Å²) < 4.78 is 0. The Morgan fingerprint density at radius 2 is 1.82 bits per heavy atom. The minimum absolute atomic E-state index is 0.879. The van der Waals surface area contributed by atoms with Crippen LogP contribution in [0.5, 0.6) is 0 Å². The first kappa shape index (κ1) is 13.2. The van der Waals surface area contributed by atoms with Gasteiger partial charge in [-0.1, -0.05) is 12.1 Å². The highest BCUT2D eigenvalue weighted by molar-refractivity contribution is 5.75. The number of aromatic nitrogens is 4. The predicted molar refractivity (Wildman–Crippen MR) is 85.6 cm³/mol. The Kier molecular flexibility index (Phi) is 3.44. The minimum Gasteiger partial charge on any atom is -0.353 e. The van der Waals surface area contributed by atoms with Crippen molar-refractivity contribution >= 4 is 16.9 Å². The van der Waals surface area contributed by atoms with Gasteiger partial charge >= 0.3 is 0 Å². The van der Waals surface area contributed by atoms with Crippen LogP contribution in [-0.4, -0.2) is 51.0 Å². The second kappa shape index (κ2) is 5.73. The summed E-state index contributed by atoms with van der Waals surface area (Å²) in [6, 6.07) is 8.00. The monoisotopic (exact) mass is 294 g/mol. The standard InChI is InChI=1S/C16H18N6/c1-2-4-14-13(3-1)19-11-16(20-14)22-9-7-21(8-10-22)12-15-17-5-6-18-15/h1-6,11H,7-10,12H2,(H,17,18). The first-order valence-electron chi connectivity index (χ1n) is 7.56. The van der Waals surface area contributed by atoms with Crippen LogP contribution in [-0.2, 0) is 6.54 Å². The number of imidazole rings is 1. The summed E-state index contributed by atoms with van der Waals surface area (Å²) in [6.45, 7) is 4.83. The van der Waals surface area contributed by atoms with Gasteiger partial charge in [-0.15, -0.1) is 0 Å². The Balaban J connectivity index is 1.43. The summed E-state index contributed by atoms with van der Waals surface area (Å²) in [7, 11) is 0. The minimum atomic E-state index is 0.879. The van der Waals surface area contributed by atoms with E-state index >= 15 is 0 Å². The quantitative estimate of drug-likeness (QED) is 0.796. The number of piperazine rings is 1. The molecule has 3 aromatic rings. The molecule has 6 nitrogen and oxygen atoms in total. The lowest BCUT2D eigenvalue weighted by Gasteiger charge is -2.34. The molecule has 0 spiro atoms. The van der Waals surface area contributed by atoms with Gasteiger partial charge in [0.1, 0.15) is 11.6 Å². The summed E-state index contributed by atoms with van der Waals surface area (Å²) in [5.74, 6) is 2.00. The van der Waals surface area contributed by atoms with Crippen LogP contribution >= 0.6 is 0 Å². The molecule has 0 aliphatic carbocycles. The maximum Gasteiger partial charge on any atom is 0.147 e. The lowest BCUT2D eigenvalue weighted by Crippen LogP contribution is -2.46. The molecule has 0 bridgehead atoms. The topological polar surface area (TPSA) is 60.9 Å². The third-order valence-electron chi connectivity index (χ3n) is 4.06. The van der Waals surface area contributed by atoms with Gasteiger partial charge in [0, 0.05) is 38.6 Å². The molecule has 1 aromatic carbocycles. The van der Waals surface area contributed by atoms with Crippen molar-refractivity contribution < 1.29 is 0 Å². The van der Waals surface area contributed by atoms with Crippen molar-refractivity contribution in [3.8, 4) is 0 Å². The molecule has 1 aliphatic rings. The van der Waals surface area contributed by atoms with Crippen LogP contribution < -0.4 is 4.90 Å². The van der Waals surface area contributed by atoms with Crippen molar-refractivity contribution in [2.24, 2.45) is 0 Å². The summed E-state index contributed by atoms with van der Waals surface area (Å²) in [4.78, 5) is 21.4. The van der Waals surface area contributed by atoms with E-state index < -0.39 is 0 Å². The molecule has 6 heteroatoms. The van der Waals surface area contributed by atoms with Crippen LogP contribution in [0.2, 0.25) is 0 Å². The highest BCUT2D eigenvalue weighted by Gasteiger charge is 2.19. The molecule has 22 heavy (non-hydrogen) atoms. The number of fused-ring (bicyclic) bond motifs is 1. The van der Waals surface area contributed by atoms with E-state index in [1.165, 1.54) is 0 Å². The number of benzene rings is 1. The zero-order valence-corrected chi connectivity index (χ0v) is 12.3. The number of para-hydroxylation sites is 2. The molecule has 2 aromatic heterocycles. The van der Waals surface area contributed by atoms with Crippen LogP contribution in [0.4, 0.5) is 5.82 Å². The van der Waals surface area contributed by atoms with Crippen LogP contribution in [0.1, 0.15) is 5.82 Å². The number of anilines is 1. The second-order valence-corrected chi connectivity index (χ2v) is 5.52. The van der Waals surface area contributed by atoms with Gasteiger partial charge in [0.25, 0.3) is 0 Å². The Bertz CT molecular complexity index is 746. The lowest BCUT2D eigenvalue weighted by atomic mass is 10.3. The molecule has 1 aliphatic heterocycles. The van der Waals surface area contributed by atoms with Crippen molar-refractivity contribution in [2.75, 3.05) is 31.1 Å². The molecule has 0 unspecified atom stereocenters. The molecular weight excluding hydrogens is 276 g/mol. The highest BCUT2D eigenvalue weighted by atomic mass is 15.3. The number of rotatable bonds is 3.